The zero-order valence-corrected chi connectivity index (χ0v) is 11.1. The lowest BCUT2D eigenvalue weighted by Gasteiger charge is -2.30. The van der Waals surface area contributed by atoms with Gasteiger partial charge in [0.1, 0.15) is 5.82 Å². The van der Waals surface area contributed by atoms with Crippen LogP contribution in [-0.2, 0) is 16.0 Å². The van der Waals surface area contributed by atoms with E-state index in [0.29, 0.717) is 13.1 Å². The SMILES string of the molecule is COC(CN)CC(=O)N1CCCc2cc(F)ccc21. The van der Waals surface area contributed by atoms with E-state index in [1.54, 1.807) is 18.1 Å². The van der Waals surface area contributed by atoms with Crippen molar-refractivity contribution in [1.82, 2.24) is 0 Å². The number of nitrogens with two attached hydrogens (primary N) is 1. The quantitative estimate of drug-likeness (QED) is 0.898. The second kappa shape index (κ2) is 6.12. The van der Waals surface area contributed by atoms with Gasteiger partial charge in [0.05, 0.1) is 12.5 Å². The predicted molar refractivity (Wildman–Crippen MR) is 71.5 cm³/mol. The van der Waals surface area contributed by atoms with Crippen molar-refractivity contribution in [3.05, 3.63) is 29.6 Å². The zero-order chi connectivity index (χ0) is 13.8. The van der Waals surface area contributed by atoms with Crippen molar-refractivity contribution in [2.45, 2.75) is 25.4 Å². The van der Waals surface area contributed by atoms with Gasteiger partial charge in [-0.1, -0.05) is 0 Å². The molecular weight excluding hydrogens is 247 g/mol. The van der Waals surface area contributed by atoms with E-state index < -0.39 is 0 Å². The number of amides is 1. The Morgan fingerprint density at radius 3 is 3.05 bits per heavy atom. The number of methoxy groups -OCH3 is 1. The number of rotatable bonds is 4. The molecule has 2 N–H and O–H groups in total. The molecule has 2 rings (SSSR count). The van der Waals surface area contributed by atoms with Crippen LogP contribution in [0.15, 0.2) is 18.2 Å². The maximum Gasteiger partial charge on any atom is 0.229 e. The van der Waals surface area contributed by atoms with Crippen LogP contribution in [-0.4, -0.2) is 32.2 Å². The Kier molecular flexibility index (Phi) is 4.50. The number of carbonyl (C=O) groups excluding carboxylic acids is 1. The molecule has 0 spiro atoms. The van der Waals surface area contributed by atoms with Gasteiger partial charge in [-0.2, -0.15) is 0 Å². The number of aryl methyl sites for hydroxylation is 1. The molecule has 0 saturated heterocycles. The van der Waals surface area contributed by atoms with E-state index in [1.165, 1.54) is 12.1 Å². The van der Waals surface area contributed by atoms with E-state index in [1.807, 2.05) is 0 Å². The molecule has 5 heteroatoms. The van der Waals surface area contributed by atoms with Crippen LogP contribution < -0.4 is 10.6 Å². The third kappa shape index (κ3) is 3.11. The van der Waals surface area contributed by atoms with Crippen LogP contribution in [0.4, 0.5) is 10.1 Å². The molecule has 1 aromatic carbocycles. The number of hydrogen-bond donors (Lipinski definition) is 1. The van der Waals surface area contributed by atoms with E-state index in [4.69, 9.17) is 10.5 Å². The fourth-order valence-corrected chi connectivity index (χ4v) is 2.39. The highest BCUT2D eigenvalue weighted by atomic mass is 19.1. The minimum atomic E-state index is -0.265. The Morgan fingerprint density at radius 2 is 2.37 bits per heavy atom. The Bertz CT molecular complexity index is 461. The summed E-state index contributed by atoms with van der Waals surface area (Å²) in [5.74, 6) is -0.283. The topological polar surface area (TPSA) is 55.6 Å². The highest BCUT2D eigenvalue weighted by molar-refractivity contribution is 5.94. The minimum Gasteiger partial charge on any atom is -0.380 e. The molecule has 1 aliphatic rings. The van der Waals surface area contributed by atoms with Crippen LogP contribution in [0, 0.1) is 5.82 Å². The summed E-state index contributed by atoms with van der Waals surface area (Å²) in [4.78, 5) is 14.0. The molecule has 0 saturated carbocycles. The highest BCUT2D eigenvalue weighted by Crippen LogP contribution is 2.28. The van der Waals surface area contributed by atoms with Gasteiger partial charge in [0.25, 0.3) is 0 Å². The first-order chi connectivity index (χ1) is 9.15. The number of fused-ring (bicyclic) bond motifs is 1. The van der Waals surface area contributed by atoms with Gasteiger partial charge in [-0.25, -0.2) is 4.39 Å². The number of anilines is 1. The highest BCUT2D eigenvalue weighted by Gasteiger charge is 2.24. The first-order valence-electron chi connectivity index (χ1n) is 6.47. The fourth-order valence-electron chi connectivity index (χ4n) is 2.39. The molecule has 0 bridgehead atoms. The summed E-state index contributed by atoms with van der Waals surface area (Å²) in [7, 11) is 1.55. The van der Waals surface area contributed by atoms with E-state index in [-0.39, 0.29) is 24.2 Å². The summed E-state index contributed by atoms with van der Waals surface area (Å²) in [5.41, 5.74) is 7.23. The smallest absolute Gasteiger partial charge is 0.229 e. The van der Waals surface area contributed by atoms with Gasteiger partial charge in [0.15, 0.2) is 0 Å². The van der Waals surface area contributed by atoms with Crippen molar-refractivity contribution in [3.63, 3.8) is 0 Å². The molecule has 104 valence electrons. The Labute approximate surface area is 112 Å². The molecule has 1 amide bonds. The van der Waals surface area contributed by atoms with Gasteiger partial charge in [0, 0.05) is 25.9 Å². The molecule has 19 heavy (non-hydrogen) atoms. The summed E-state index contributed by atoms with van der Waals surface area (Å²) in [6.45, 7) is 0.977. The lowest BCUT2D eigenvalue weighted by Crippen LogP contribution is -2.39. The number of hydrogen-bond acceptors (Lipinski definition) is 3. The molecule has 1 atom stereocenters. The van der Waals surface area contributed by atoms with Crippen molar-refractivity contribution in [2.24, 2.45) is 5.73 Å². The molecule has 0 aliphatic carbocycles. The molecule has 0 fully saturated rings. The molecule has 1 aromatic rings. The number of benzene rings is 1. The van der Waals surface area contributed by atoms with Crippen LogP contribution in [0.1, 0.15) is 18.4 Å². The lowest BCUT2D eigenvalue weighted by atomic mass is 10.0. The summed E-state index contributed by atoms with van der Waals surface area (Å²) >= 11 is 0. The van der Waals surface area contributed by atoms with Crippen LogP contribution in [0.25, 0.3) is 0 Å². The van der Waals surface area contributed by atoms with E-state index in [9.17, 15) is 9.18 Å². The van der Waals surface area contributed by atoms with Gasteiger partial charge in [-0.15, -0.1) is 0 Å². The van der Waals surface area contributed by atoms with Crippen molar-refractivity contribution >= 4 is 11.6 Å². The van der Waals surface area contributed by atoms with Crippen molar-refractivity contribution in [2.75, 3.05) is 25.1 Å². The fraction of sp³-hybridized carbons (Fsp3) is 0.500. The summed E-state index contributed by atoms with van der Waals surface area (Å²) in [5, 5.41) is 0. The lowest BCUT2D eigenvalue weighted by molar-refractivity contribution is -0.120. The first kappa shape index (κ1) is 14.0. The Balaban J connectivity index is 2.16. The van der Waals surface area contributed by atoms with E-state index >= 15 is 0 Å². The third-order valence-corrected chi connectivity index (χ3v) is 3.46. The number of ether oxygens (including phenoxy) is 1. The van der Waals surface area contributed by atoms with E-state index in [2.05, 4.69) is 0 Å². The van der Waals surface area contributed by atoms with Crippen molar-refractivity contribution in [1.29, 1.82) is 0 Å². The Morgan fingerprint density at radius 1 is 1.58 bits per heavy atom. The van der Waals surface area contributed by atoms with Crippen LogP contribution >= 0.6 is 0 Å². The maximum absolute atomic E-state index is 13.2. The summed E-state index contributed by atoms with van der Waals surface area (Å²) < 4.78 is 18.3. The van der Waals surface area contributed by atoms with Crippen LogP contribution in [0.2, 0.25) is 0 Å². The first-order valence-corrected chi connectivity index (χ1v) is 6.47. The molecular formula is C14H19FN2O2. The van der Waals surface area contributed by atoms with Gasteiger partial charge in [-0.05, 0) is 36.6 Å². The monoisotopic (exact) mass is 266 g/mol. The Hall–Kier alpha value is -1.46. The second-order valence-electron chi connectivity index (χ2n) is 4.72. The molecule has 1 unspecified atom stereocenters. The largest absolute Gasteiger partial charge is 0.380 e. The van der Waals surface area contributed by atoms with E-state index in [0.717, 1.165) is 24.1 Å². The molecule has 0 aromatic heterocycles. The number of nitrogens with zero attached hydrogens (tertiary/aromatic N) is 1. The van der Waals surface area contributed by atoms with Crippen molar-refractivity contribution in [3.8, 4) is 0 Å². The molecule has 4 nitrogen and oxygen atoms in total. The zero-order valence-electron chi connectivity index (χ0n) is 11.1. The predicted octanol–water partition coefficient (Wildman–Crippen LogP) is 1.47. The van der Waals surface area contributed by atoms with Crippen molar-refractivity contribution < 1.29 is 13.9 Å². The minimum absolute atomic E-state index is 0.0233. The van der Waals surface area contributed by atoms with Gasteiger partial charge >= 0.3 is 0 Å². The summed E-state index contributed by atoms with van der Waals surface area (Å²) in [6, 6.07) is 4.57. The molecule has 1 heterocycles. The van der Waals surface area contributed by atoms with Gasteiger partial charge in [-0.3, -0.25) is 4.79 Å². The van der Waals surface area contributed by atoms with Gasteiger partial charge in [0.2, 0.25) is 5.91 Å². The molecule has 0 radical (unpaired) electrons. The number of carbonyl (C=O) groups is 1. The van der Waals surface area contributed by atoms with Crippen LogP contribution in [0.5, 0.6) is 0 Å². The molecule has 1 aliphatic heterocycles. The average Bonchev–Trinajstić information content (AvgIpc) is 2.43. The average molecular weight is 266 g/mol. The third-order valence-electron chi connectivity index (χ3n) is 3.46. The van der Waals surface area contributed by atoms with Gasteiger partial charge < -0.3 is 15.4 Å². The maximum atomic E-state index is 13.2. The van der Waals surface area contributed by atoms with Crippen LogP contribution in [0.3, 0.4) is 0 Å². The standard InChI is InChI=1S/C14H19FN2O2/c1-19-12(9-16)8-14(18)17-6-2-3-10-7-11(15)4-5-13(10)17/h4-5,7,12H,2-3,6,8-9,16H2,1H3. The second-order valence-corrected chi connectivity index (χ2v) is 4.72. The summed E-state index contributed by atoms with van der Waals surface area (Å²) in [6.07, 6.45) is 1.65. The number of halogens is 1. The normalized spacial score (nSPS) is 16.1.